The quantitative estimate of drug-likeness (QED) is 0.563. The number of amides is 3. The summed E-state index contributed by atoms with van der Waals surface area (Å²) in [5, 5.41) is 7.29. The maximum atomic E-state index is 11.8. The molecule has 0 aromatic rings. The van der Waals surface area contributed by atoms with E-state index in [1.54, 1.807) is 0 Å². The average Bonchev–Trinajstić information content (AvgIpc) is 3.14. The monoisotopic (exact) mass is 339 g/mol. The van der Waals surface area contributed by atoms with E-state index in [4.69, 9.17) is 4.84 Å². The standard InChI is InChI=1S/C15H21N3O4S/c1-9-6-7-12(19)18(9)22-13(20)5-3-2-4-11-14-10(8-23-11)16-15(21)17-14/h10-11,14H,1-8H2,(H2,16,17,21). The van der Waals surface area contributed by atoms with Gasteiger partial charge in [-0.15, -0.1) is 5.06 Å². The van der Waals surface area contributed by atoms with Gasteiger partial charge < -0.3 is 15.5 Å². The van der Waals surface area contributed by atoms with Crippen LogP contribution in [0, 0.1) is 0 Å². The van der Waals surface area contributed by atoms with Gasteiger partial charge in [-0.3, -0.25) is 4.79 Å². The van der Waals surface area contributed by atoms with E-state index in [1.807, 2.05) is 11.8 Å². The number of unbranched alkanes of at least 4 members (excludes halogenated alkanes) is 1. The van der Waals surface area contributed by atoms with Crippen molar-refractivity contribution in [1.29, 1.82) is 0 Å². The lowest BCUT2D eigenvalue weighted by Gasteiger charge is -2.17. The van der Waals surface area contributed by atoms with E-state index in [-0.39, 0.29) is 30.4 Å². The molecule has 2 N–H and O–H groups in total. The van der Waals surface area contributed by atoms with Crippen molar-refractivity contribution in [3.05, 3.63) is 12.3 Å². The first-order valence-electron chi connectivity index (χ1n) is 7.95. The van der Waals surface area contributed by atoms with E-state index in [2.05, 4.69) is 17.2 Å². The SMILES string of the molecule is C=C1CCC(=O)N1OC(=O)CCCCC1SCC2NC(=O)NC21. The summed E-state index contributed by atoms with van der Waals surface area (Å²) in [5.41, 5.74) is 0.543. The van der Waals surface area contributed by atoms with Crippen molar-refractivity contribution in [2.24, 2.45) is 0 Å². The number of thioether (sulfide) groups is 1. The zero-order valence-corrected chi connectivity index (χ0v) is 13.7. The number of hydrogen-bond donors (Lipinski definition) is 2. The van der Waals surface area contributed by atoms with Gasteiger partial charge in [0.2, 0.25) is 0 Å². The molecule has 3 aliphatic rings. The van der Waals surface area contributed by atoms with Gasteiger partial charge in [0.05, 0.1) is 17.8 Å². The Morgan fingerprint density at radius 3 is 2.87 bits per heavy atom. The smallest absolute Gasteiger partial charge is 0.333 e. The summed E-state index contributed by atoms with van der Waals surface area (Å²) in [6.45, 7) is 3.71. The summed E-state index contributed by atoms with van der Waals surface area (Å²) in [6, 6.07) is 0.351. The summed E-state index contributed by atoms with van der Waals surface area (Å²) in [4.78, 5) is 39.7. The number of fused-ring (bicyclic) bond motifs is 1. The molecule has 0 bridgehead atoms. The molecule has 3 fully saturated rings. The zero-order valence-electron chi connectivity index (χ0n) is 12.9. The number of hydrogen-bond acceptors (Lipinski definition) is 5. The van der Waals surface area contributed by atoms with Crippen LogP contribution in [-0.4, -0.2) is 46.1 Å². The van der Waals surface area contributed by atoms with Crippen molar-refractivity contribution in [3.8, 4) is 0 Å². The van der Waals surface area contributed by atoms with E-state index in [0.29, 0.717) is 30.2 Å². The van der Waals surface area contributed by atoms with Gasteiger partial charge in [0.15, 0.2) is 0 Å². The average molecular weight is 339 g/mol. The molecule has 8 heteroatoms. The Morgan fingerprint density at radius 2 is 2.13 bits per heavy atom. The third kappa shape index (κ3) is 3.63. The molecule has 3 unspecified atom stereocenters. The molecule has 0 radical (unpaired) electrons. The predicted octanol–water partition coefficient (Wildman–Crippen LogP) is 1.31. The summed E-state index contributed by atoms with van der Waals surface area (Å²) in [6.07, 6.45) is 3.74. The molecule has 7 nitrogen and oxygen atoms in total. The lowest BCUT2D eigenvalue weighted by atomic mass is 10.0. The molecule has 3 rings (SSSR count). The van der Waals surface area contributed by atoms with E-state index in [1.165, 1.54) is 0 Å². The Bertz CT molecular complexity index is 523. The fourth-order valence-corrected chi connectivity index (χ4v) is 4.70. The molecule has 3 amide bonds. The lowest BCUT2D eigenvalue weighted by Crippen LogP contribution is -2.36. The second-order valence-corrected chi connectivity index (χ2v) is 7.36. The normalized spacial score (nSPS) is 29.5. The molecular formula is C15H21N3O4S. The van der Waals surface area contributed by atoms with Crippen molar-refractivity contribution in [2.75, 3.05) is 5.75 Å². The minimum Gasteiger partial charge on any atom is -0.334 e. The summed E-state index contributed by atoms with van der Waals surface area (Å²) in [5.74, 6) is 0.338. The van der Waals surface area contributed by atoms with Crippen molar-refractivity contribution >= 4 is 29.7 Å². The van der Waals surface area contributed by atoms with Gasteiger partial charge in [-0.05, 0) is 19.3 Å². The summed E-state index contributed by atoms with van der Waals surface area (Å²) in [7, 11) is 0. The Balaban J connectivity index is 1.34. The van der Waals surface area contributed by atoms with Crippen LogP contribution in [0.25, 0.3) is 0 Å². The van der Waals surface area contributed by atoms with Gasteiger partial charge in [0.1, 0.15) is 0 Å². The molecule has 0 spiro atoms. The fraction of sp³-hybridized carbons (Fsp3) is 0.667. The van der Waals surface area contributed by atoms with Crippen LogP contribution in [-0.2, 0) is 14.4 Å². The third-order valence-electron chi connectivity index (χ3n) is 4.39. The zero-order chi connectivity index (χ0) is 16.4. The first kappa shape index (κ1) is 16.2. The Hall–Kier alpha value is -1.70. The highest BCUT2D eigenvalue weighted by Crippen LogP contribution is 2.33. The number of hydroxylamine groups is 2. The third-order valence-corrected chi connectivity index (χ3v) is 5.90. The van der Waals surface area contributed by atoms with Crippen LogP contribution in [0.15, 0.2) is 12.3 Å². The van der Waals surface area contributed by atoms with Crippen LogP contribution >= 0.6 is 11.8 Å². The van der Waals surface area contributed by atoms with Crippen LogP contribution in [0.5, 0.6) is 0 Å². The van der Waals surface area contributed by atoms with Gasteiger partial charge in [-0.25, -0.2) is 9.59 Å². The molecule has 3 heterocycles. The lowest BCUT2D eigenvalue weighted by molar-refractivity contribution is -0.186. The van der Waals surface area contributed by atoms with Crippen LogP contribution in [0.1, 0.15) is 38.5 Å². The second kappa shape index (κ2) is 6.82. The molecule has 0 aromatic carbocycles. The highest BCUT2D eigenvalue weighted by atomic mass is 32.2. The highest BCUT2D eigenvalue weighted by Gasteiger charge is 2.42. The van der Waals surface area contributed by atoms with Gasteiger partial charge in [-0.2, -0.15) is 11.8 Å². The van der Waals surface area contributed by atoms with Gasteiger partial charge in [-0.1, -0.05) is 13.0 Å². The van der Waals surface area contributed by atoms with Crippen molar-refractivity contribution in [3.63, 3.8) is 0 Å². The summed E-state index contributed by atoms with van der Waals surface area (Å²) >= 11 is 1.86. The maximum Gasteiger partial charge on any atom is 0.333 e. The predicted molar refractivity (Wildman–Crippen MR) is 85.3 cm³/mol. The number of nitrogens with zero attached hydrogens (tertiary/aromatic N) is 1. The minimum absolute atomic E-state index is 0.0793. The minimum atomic E-state index is -0.394. The maximum absolute atomic E-state index is 11.8. The molecule has 126 valence electrons. The largest absolute Gasteiger partial charge is 0.334 e. The number of carbonyl (C=O) groups excluding carboxylic acids is 3. The van der Waals surface area contributed by atoms with Gasteiger partial charge in [0, 0.05) is 23.8 Å². The molecule has 3 atom stereocenters. The van der Waals surface area contributed by atoms with E-state index < -0.39 is 5.97 Å². The van der Waals surface area contributed by atoms with Gasteiger partial charge >= 0.3 is 12.0 Å². The molecule has 3 aliphatic heterocycles. The highest BCUT2D eigenvalue weighted by molar-refractivity contribution is 8.00. The van der Waals surface area contributed by atoms with Crippen molar-refractivity contribution in [2.45, 2.75) is 55.9 Å². The number of carbonyl (C=O) groups is 3. The first-order chi connectivity index (χ1) is 11.0. The number of rotatable bonds is 6. The van der Waals surface area contributed by atoms with E-state index in [9.17, 15) is 14.4 Å². The number of allylic oxidation sites excluding steroid dienone is 1. The summed E-state index contributed by atoms with van der Waals surface area (Å²) < 4.78 is 0. The van der Waals surface area contributed by atoms with E-state index >= 15 is 0 Å². The van der Waals surface area contributed by atoms with Crippen molar-refractivity contribution in [1.82, 2.24) is 15.7 Å². The van der Waals surface area contributed by atoms with Crippen LogP contribution in [0.4, 0.5) is 4.79 Å². The molecule has 3 saturated heterocycles. The van der Waals surface area contributed by atoms with Crippen LogP contribution in [0.3, 0.4) is 0 Å². The Labute approximate surface area is 139 Å². The van der Waals surface area contributed by atoms with Crippen LogP contribution in [0.2, 0.25) is 0 Å². The molecule has 0 aliphatic carbocycles. The van der Waals surface area contributed by atoms with Crippen LogP contribution < -0.4 is 10.6 Å². The Morgan fingerprint density at radius 1 is 1.30 bits per heavy atom. The molecule has 0 saturated carbocycles. The van der Waals surface area contributed by atoms with Crippen molar-refractivity contribution < 1.29 is 19.2 Å². The molecule has 23 heavy (non-hydrogen) atoms. The molecular weight excluding hydrogens is 318 g/mol. The second-order valence-electron chi connectivity index (χ2n) is 6.09. The molecule has 0 aromatic heterocycles. The first-order valence-corrected chi connectivity index (χ1v) is 8.99. The van der Waals surface area contributed by atoms with E-state index in [0.717, 1.165) is 23.7 Å². The topological polar surface area (TPSA) is 87.7 Å². The van der Waals surface area contributed by atoms with Gasteiger partial charge in [0.25, 0.3) is 5.91 Å². The fourth-order valence-electron chi connectivity index (χ4n) is 3.15. The number of nitrogens with one attached hydrogen (secondary N) is 2. The number of urea groups is 1. The Kier molecular flexibility index (Phi) is 4.79.